The highest BCUT2D eigenvalue weighted by Crippen LogP contribution is 2.29. The van der Waals surface area contributed by atoms with Crippen molar-refractivity contribution in [3.63, 3.8) is 0 Å². The Morgan fingerprint density at radius 3 is 2.37 bits per heavy atom. The summed E-state index contributed by atoms with van der Waals surface area (Å²) in [4.78, 5) is 2.29. The minimum absolute atomic E-state index is 0.00921. The first kappa shape index (κ1) is 18.7. The SMILES string of the molecule is CC(C)(C)c1ccc(N2CCC(c3nnc4ccc(-n5cccn5)nn34)CC2)nn1. The van der Waals surface area contributed by atoms with Crippen LogP contribution in [-0.4, -0.2) is 52.9 Å². The van der Waals surface area contributed by atoms with Gasteiger partial charge in [0.05, 0.1) is 5.69 Å². The van der Waals surface area contributed by atoms with Gasteiger partial charge in [0, 0.05) is 36.8 Å². The Labute approximate surface area is 174 Å². The van der Waals surface area contributed by atoms with E-state index in [2.05, 4.69) is 63.3 Å². The molecular formula is C21H25N9. The normalized spacial score (nSPS) is 15.8. The third kappa shape index (κ3) is 3.40. The topological polar surface area (TPSA) is 89.9 Å². The molecule has 5 heterocycles. The van der Waals surface area contributed by atoms with Gasteiger partial charge in [0.1, 0.15) is 0 Å². The fourth-order valence-corrected chi connectivity index (χ4v) is 3.84. The van der Waals surface area contributed by atoms with E-state index in [9.17, 15) is 0 Å². The summed E-state index contributed by atoms with van der Waals surface area (Å²) in [5.41, 5.74) is 1.78. The molecule has 0 radical (unpaired) electrons. The van der Waals surface area contributed by atoms with Crippen LogP contribution in [0, 0.1) is 0 Å². The van der Waals surface area contributed by atoms with Crippen LogP contribution in [0.5, 0.6) is 0 Å². The van der Waals surface area contributed by atoms with Crippen LogP contribution in [0.4, 0.5) is 5.82 Å². The Morgan fingerprint density at radius 1 is 0.900 bits per heavy atom. The Hall–Kier alpha value is -3.36. The predicted octanol–water partition coefficient (Wildman–Crippen LogP) is 2.78. The first-order valence-corrected chi connectivity index (χ1v) is 10.3. The van der Waals surface area contributed by atoms with E-state index in [1.54, 1.807) is 10.9 Å². The quantitative estimate of drug-likeness (QED) is 0.519. The van der Waals surface area contributed by atoms with Gasteiger partial charge in [-0.3, -0.25) is 0 Å². The first-order chi connectivity index (χ1) is 14.5. The molecule has 1 saturated heterocycles. The van der Waals surface area contributed by atoms with E-state index in [-0.39, 0.29) is 5.41 Å². The van der Waals surface area contributed by atoms with Crippen LogP contribution in [0.3, 0.4) is 0 Å². The van der Waals surface area contributed by atoms with Gasteiger partial charge in [-0.05, 0) is 43.2 Å². The molecule has 0 N–H and O–H groups in total. The van der Waals surface area contributed by atoms with Gasteiger partial charge < -0.3 is 4.90 Å². The minimum Gasteiger partial charge on any atom is -0.355 e. The highest BCUT2D eigenvalue weighted by Gasteiger charge is 2.26. The number of aromatic nitrogens is 8. The number of anilines is 1. The Morgan fingerprint density at radius 2 is 1.70 bits per heavy atom. The molecule has 0 amide bonds. The fraction of sp³-hybridized carbons (Fsp3) is 0.429. The van der Waals surface area contributed by atoms with E-state index in [0.29, 0.717) is 5.92 Å². The second-order valence-corrected chi connectivity index (χ2v) is 8.76. The lowest BCUT2D eigenvalue weighted by molar-refractivity contribution is 0.472. The van der Waals surface area contributed by atoms with Crippen LogP contribution in [0.15, 0.2) is 42.7 Å². The van der Waals surface area contributed by atoms with E-state index < -0.39 is 0 Å². The molecule has 0 aromatic carbocycles. The molecule has 0 unspecified atom stereocenters. The lowest BCUT2D eigenvalue weighted by atomic mass is 9.92. The molecule has 9 heteroatoms. The summed E-state index contributed by atoms with van der Waals surface area (Å²) in [5.74, 6) is 2.90. The summed E-state index contributed by atoms with van der Waals surface area (Å²) >= 11 is 0. The molecule has 30 heavy (non-hydrogen) atoms. The highest BCUT2D eigenvalue weighted by molar-refractivity contribution is 5.41. The third-order valence-corrected chi connectivity index (χ3v) is 5.61. The minimum atomic E-state index is 0.00921. The molecule has 4 aromatic heterocycles. The Kier molecular flexibility index (Phi) is 4.45. The van der Waals surface area contributed by atoms with E-state index >= 15 is 0 Å². The molecule has 0 bridgehead atoms. The standard InChI is InChI=1S/C21H25N9/c1-21(2,3)16-5-6-17(24-23-16)28-13-9-15(10-14-28)20-26-25-18-7-8-19(27-30(18)20)29-12-4-11-22-29/h4-8,11-12,15H,9-10,13-14H2,1-3H3. The van der Waals surface area contributed by atoms with Gasteiger partial charge in [-0.25, -0.2) is 4.68 Å². The maximum atomic E-state index is 4.72. The zero-order valence-electron chi connectivity index (χ0n) is 17.5. The summed E-state index contributed by atoms with van der Waals surface area (Å²) in [7, 11) is 0. The van der Waals surface area contributed by atoms with Crippen molar-refractivity contribution >= 4 is 11.5 Å². The van der Waals surface area contributed by atoms with Crippen LogP contribution in [0.1, 0.15) is 51.0 Å². The zero-order valence-corrected chi connectivity index (χ0v) is 17.5. The van der Waals surface area contributed by atoms with E-state index in [4.69, 9.17) is 5.10 Å². The van der Waals surface area contributed by atoms with Crippen molar-refractivity contribution in [3.05, 3.63) is 54.2 Å². The number of piperidine rings is 1. The van der Waals surface area contributed by atoms with Crippen molar-refractivity contribution in [1.82, 2.24) is 39.8 Å². The summed E-state index contributed by atoms with van der Waals surface area (Å²) in [6.07, 6.45) is 5.56. The molecule has 1 aliphatic rings. The van der Waals surface area contributed by atoms with Gasteiger partial charge in [0.25, 0.3) is 0 Å². The maximum Gasteiger partial charge on any atom is 0.178 e. The predicted molar refractivity (Wildman–Crippen MR) is 113 cm³/mol. The molecule has 9 nitrogen and oxygen atoms in total. The van der Waals surface area contributed by atoms with Crippen LogP contribution in [0.25, 0.3) is 11.5 Å². The second kappa shape index (κ2) is 7.16. The van der Waals surface area contributed by atoms with Gasteiger partial charge in [-0.1, -0.05) is 20.8 Å². The van der Waals surface area contributed by atoms with Gasteiger partial charge in [-0.2, -0.15) is 14.7 Å². The second-order valence-electron chi connectivity index (χ2n) is 8.76. The average molecular weight is 403 g/mol. The third-order valence-electron chi connectivity index (χ3n) is 5.61. The molecule has 1 fully saturated rings. The summed E-state index contributed by atoms with van der Waals surface area (Å²) in [6, 6.07) is 9.89. The Bertz CT molecular complexity index is 1130. The Balaban J connectivity index is 1.33. The number of hydrogen-bond acceptors (Lipinski definition) is 7. The maximum absolute atomic E-state index is 4.72. The zero-order chi connectivity index (χ0) is 20.7. The summed E-state index contributed by atoms with van der Waals surface area (Å²) in [6.45, 7) is 8.26. The van der Waals surface area contributed by atoms with Crippen LogP contribution in [-0.2, 0) is 5.41 Å². The molecule has 5 rings (SSSR count). The van der Waals surface area contributed by atoms with Crippen LogP contribution in [0.2, 0.25) is 0 Å². The van der Waals surface area contributed by atoms with Gasteiger partial charge in [-0.15, -0.1) is 20.4 Å². The van der Waals surface area contributed by atoms with Crippen LogP contribution >= 0.6 is 0 Å². The smallest absolute Gasteiger partial charge is 0.178 e. The highest BCUT2D eigenvalue weighted by atomic mass is 15.4. The molecule has 154 valence electrons. The van der Waals surface area contributed by atoms with Crippen molar-refractivity contribution < 1.29 is 0 Å². The van der Waals surface area contributed by atoms with E-state index in [0.717, 1.165) is 54.7 Å². The molecule has 0 atom stereocenters. The van der Waals surface area contributed by atoms with E-state index in [1.807, 2.05) is 28.9 Å². The summed E-state index contributed by atoms with van der Waals surface area (Å²) in [5, 5.41) is 26.6. The number of rotatable bonds is 3. The number of nitrogens with zero attached hydrogens (tertiary/aromatic N) is 9. The van der Waals surface area contributed by atoms with Crippen molar-refractivity contribution in [2.45, 2.75) is 44.9 Å². The number of hydrogen-bond donors (Lipinski definition) is 0. The van der Waals surface area contributed by atoms with Crippen molar-refractivity contribution in [1.29, 1.82) is 0 Å². The lowest BCUT2D eigenvalue weighted by Gasteiger charge is -2.31. The first-order valence-electron chi connectivity index (χ1n) is 10.3. The molecule has 0 spiro atoms. The molecule has 0 saturated carbocycles. The lowest BCUT2D eigenvalue weighted by Crippen LogP contribution is -2.34. The van der Waals surface area contributed by atoms with Crippen molar-refractivity contribution in [2.24, 2.45) is 0 Å². The summed E-state index contributed by atoms with van der Waals surface area (Å²) < 4.78 is 3.60. The molecule has 4 aromatic rings. The van der Waals surface area contributed by atoms with Crippen molar-refractivity contribution in [2.75, 3.05) is 18.0 Å². The van der Waals surface area contributed by atoms with Gasteiger partial charge >= 0.3 is 0 Å². The van der Waals surface area contributed by atoms with Crippen molar-refractivity contribution in [3.8, 4) is 5.82 Å². The van der Waals surface area contributed by atoms with Crippen LogP contribution < -0.4 is 4.90 Å². The number of fused-ring (bicyclic) bond motifs is 1. The fourth-order valence-electron chi connectivity index (χ4n) is 3.84. The van der Waals surface area contributed by atoms with Gasteiger partial charge in [0.2, 0.25) is 0 Å². The van der Waals surface area contributed by atoms with E-state index in [1.165, 1.54) is 0 Å². The molecule has 0 aliphatic carbocycles. The average Bonchev–Trinajstić information content (AvgIpc) is 3.43. The largest absolute Gasteiger partial charge is 0.355 e. The molecule has 1 aliphatic heterocycles. The van der Waals surface area contributed by atoms with Gasteiger partial charge in [0.15, 0.2) is 23.1 Å². The molecular weight excluding hydrogens is 378 g/mol. The monoisotopic (exact) mass is 403 g/mol.